The molecule has 0 bridgehead atoms. The predicted molar refractivity (Wildman–Crippen MR) is 65.5 cm³/mol. The summed E-state index contributed by atoms with van der Waals surface area (Å²) in [5.74, 6) is -0.262. The summed E-state index contributed by atoms with van der Waals surface area (Å²) in [5.41, 5.74) is 0. The number of hydrogen-bond acceptors (Lipinski definition) is 6. The van der Waals surface area contributed by atoms with E-state index in [2.05, 4.69) is 14.7 Å². The average molecular weight is 277 g/mol. The maximum atomic E-state index is 11.1. The quantitative estimate of drug-likeness (QED) is 0.467. The third-order valence-corrected chi connectivity index (χ3v) is 3.36. The number of methoxy groups -OCH3 is 2. The van der Waals surface area contributed by atoms with Gasteiger partial charge in [0.1, 0.15) is 5.03 Å². The molecule has 1 aromatic heterocycles. The first-order valence-corrected chi connectivity index (χ1v) is 6.12. The lowest BCUT2D eigenvalue weighted by atomic mass is 10.3. The minimum atomic E-state index is -0.262. The third kappa shape index (κ3) is 4.40. The van der Waals surface area contributed by atoms with Crippen molar-refractivity contribution in [3.05, 3.63) is 11.2 Å². The Bertz CT molecular complexity index is 403. The molecule has 0 fully saturated rings. The summed E-state index contributed by atoms with van der Waals surface area (Å²) in [6, 6.07) is 0.252. The van der Waals surface area contributed by atoms with Crippen molar-refractivity contribution >= 4 is 29.3 Å². The zero-order valence-electron chi connectivity index (χ0n) is 9.77. The molecule has 94 valence electrons. The Hall–Kier alpha value is -1.01. The summed E-state index contributed by atoms with van der Waals surface area (Å²) in [6.45, 7) is 1.90. The standard InChI is InChI=1S/C10H13ClN2O3S/c1-6(4-8(14)15-2)17-9-7(11)5-12-10(13-9)16-3/h5-6H,4H2,1-3H3. The molecule has 1 unspecified atom stereocenters. The lowest BCUT2D eigenvalue weighted by molar-refractivity contribution is -0.140. The molecule has 1 rings (SSSR count). The third-order valence-electron chi connectivity index (χ3n) is 1.87. The summed E-state index contributed by atoms with van der Waals surface area (Å²) in [4.78, 5) is 19.1. The van der Waals surface area contributed by atoms with Crippen LogP contribution >= 0.6 is 23.4 Å². The normalized spacial score (nSPS) is 12.0. The van der Waals surface area contributed by atoms with E-state index in [-0.39, 0.29) is 17.2 Å². The lowest BCUT2D eigenvalue weighted by Gasteiger charge is -2.10. The van der Waals surface area contributed by atoms with Gasteiger partial charge in [-0.3, -0.25) is 4.79 Å². The Labute approximate surface area is 109 Å². The highest BCUT2D eigenvalue weighted by Crippen LogP contribution is 2.30. The number of halogens is 1. The largest absolute Gasteiger partial charge is 0.469 e. The van der Waals surface area contributed by atoms with Gasteiger partial charge in [-0.05, 0) is 0 Å². The second kappa shape index (κ2) is 6.66. The van der Waals surface area contributed by atoms with Crippen LogP contribution in [0.2, 0.25) is 5.02 Å². The number of esters is 1. The van der Waals surface area contributed by atoms with E-state index in [1.807, 2.05) is 6.92 Å². The van der Waals surface area contributed by atoms with Crippen molar-refractivity contribution in [3.63, 3.8) is 0 Å². The van der Waals surface area contributed by atoms with Gasteiger partial charge in [-0.15, -0.1) is 11.8 Å². The number of rotatable bonds is 5. The molecule has 1 aromatic rings. The summed E-state index contributed by atoms with van der Waals surface area (Å²) < 4.78 is 9.50. The van der Waals surface area contributed by atoms with Crippen LogP contribution in [0.25, 0.3) is 0 Å². The van der Waals surface area contributed by atoms with Crippen molar-refractivity contribution in [3.8, 4) is 6.01 Å². The van der Waals surface area contributed by atoms with Gasteiger partial charge in [-0.1, -0.05) is 18.5 Å². The van der Waals surface area contributed by atoms with E-state index in [1.165, 1.54) is 32.2 Å². The van der Waals surface area contributed by atoms with Crippen molar-refractivity contribution in [1.82, 2.24) is 9.97 Å². The highest BCUT2D eigenvalue weighted by molar-refractivity contribution is 8.00. The van der Waals surface area contributed by atoms with Crippen LogP contribution in [-0.2, 0) is 9.53 Å². The molecular weight excluding hydrogens is 264 g/mol. The predicted octanol–water partition coefficient (Wildman–Crippen LogP) is 2.18. The van der Waals surface area contributed by atoms with Crippen LogP contribution < -0.4 is 4.74 Å². The average Bonchev–Trinajstić information content (AvgIpc) is 2.31. The van der Waals surface area contributed by atoms with Gasteiger partial charge in [-0.25, -0.2) is 4.98 Å². The molecule has 7 heteroatoms. The van der Waals surface area contributed by atoms with Gasteiger partial charge in [0.15, 0.2) is 0 Å². The molecule has 17 heavy (non-hydrogen) atoms. The molecule has 0 radical (unpaired) electrons. The number of carbonyl (C=O) groups excluding carboxylic acids is 1. The smallest absolute Gasteiger partial charge is 0.317 e. The second-order valence-corrected chi connectivity index (χ2v) is 5.05. The molecule has 0 saturated carbocycles. The van der Waals surface area contributed by atoms with Crippen molar-refractivity contribution < 1.29 is 14.3 Å². The van der Waals surface area contributed by atoms with Crippen LogP contribution in [0.15, 0.2) is 11.2 Å². The van der Waals surface area contributed by atoms with E-state index < -0.39 is 0 Å². The number of carbonyl (C=O) groups is 1. The van der Waals surface area contributed by atoms with Gasteiger partial charge in [-0.2, -0.15) is 4.98 Å². The van der Waals surface area contributed by atoms with Crippen LogP contribution in [0, 0.1) is 0 Å². The topological polar surface area (TPSA) is 61.3 Å². The first kappa shape index (κ1) is 14.1. The summed E-state index contributed by atoms with van der Waals surface area (Å²) in [7, 11) is 2.84. The molecule has 1 heterocycles. The molecule has 0 amide bonds. The van der Waals surface area contributed by atoms with E-state index in [0.717, 1.165) is 0 Å². The Morgan fingerprint density at radius 2 is 2.29 bits per heavy atom. The number of aromatic nitrogens is 2. The number of nitrogens with zero attached hydrogens (tertiary/aromatic N) is 2. The van der Waals surface area contributed by atoms with E-state index in [9.17, 15) is 4.79 Å². The molecule has 0 aromatic carbocycles. The van der Waals surface area contributed by atoms with Gasteiger partial charge < -0.3 is 9.47 Å². The van der Waals surface area contributed by atoms with Crippen LogP contribution in [0.5, 0.6) is 6.01 Å². The molecule has 0 aliphatic carbocycles. The molecule has 0 aliphatic heterocycles. The Morgan fingerprint density at radius 3 is 2.88 bits per heavy atom. The van der Waals surface area contributed by atoms with E-state index in [1.54, 1.807) is 0 Å². The molecule has 0 saturated heterocycles. The van der Waals surface area contributed by atoms with E-state index >= 15 is 0 Å². The fourth-order valence-corrected chi connectivity index (χ4v) is 2.19. The number of hydrogen-bond donors (Lipinski definition) is 0. The molecule has 0 N–H and O–H groups in total. The fraction of sp³-hybridized carbons (Fsp3) is 0.500. The fourth-order valence-electron chi connectivity index (χ4n) is 1.07. The van der Waals surface area contributed by atoms with Crippen molar-refractivity contribution in [2.45, 2.75) is 23.6 Å². The molecule has 1 atom stereocenters. The summed E-state index contributed by atoms with van der Waals surface area (Å²) in [6.07, 6.45) is 1.77. The minimum absolute atomic E-state index is 0.0135. The first-order valence-electron chi connectivity index (χ1n) is 4.86. The van der Waals surface area contributed by atoms with Gasteiger partial charge in [0.05, 0.1) is 31.9 Å². The second-order valence-electron chi connectivity index (χ2n) is 3.22. The monoisotopic (exact) mass is 276 g/mol. The maximum Gasteiger partial charge on any atom is 0.317 e. The zero-order valence-corrected chi connectivity index (χ0v) is 11.3. The van der Waals surface area contributed by atoms with E-state index in [4.69, 9.17) is 16.3 Å². The molecule has 0 spiro atoms. The highest BCUT2D eigenvalue weighted by atomic mass is 35.5. The summed E-state index contributed by atoms with van der Waals surface area (Å²) in [5, 5.41) is 1.04. The Balaban J connectivity index is 2.70. The van der Waals surface area contributed by atoms with Crippen molar-refractivity contribution in [1.29, 1.82) is 0 Å². The summed E-state index contributed by atoms with van der Waals surface area (Å²) >= 11 is 7.33. The van der Waals surface area contributed by atoms with Crippen molar-refractivity contribution in [2.75, 3.05) is 14.2 Å². The Kier molecular flexibility index (Phi) is 5.50. The van der Waals surface area contributed by atoms with E-state index in [0.29, 0.717) is 16.5 Å². The van der Waals surface area contributed by atoms with Gasteiger partial charge >= 0.3 is 12.0 Å². The Morgan fingerprint density at radius 1 is 1.59 bits per heavy atom. The number of ether oxygens (including phenoxy) is 2. The van der Waals surface area contributed by atoms with Crippen LogP contribution in [0.4, 0.5) is 0 Å². The molecule has 0 aliphatic rings. The maximum absolute atomic E-state index is 11.1. The van der Waals surface area contributed by atoms with Crippen molar-refractivity contribution in [2.24, 2.45) is 0 Å². The number of thioether (sulfide) groups is 1. The molecular formula is C10H13ClN2O3S. The minimum Gasteiger partial charge on any atom is -0.469 e. The zero-order chi connectivity index (χ0) is 12.8. The van der Waals surface area contributed by atoms with Gasteiger partial charge in [0.2, 0.25) is 0 Å². The highest BCUT2D eigenvalue weighted by Gasteiger charge is 2.14. The van der Waals surface area contributed by atoms with Crippen LogP contribution in [0.1, 0.15) is 13.3 Å². The van der Waals surface area contributed by atoms with Crippen LogP contribution in [-0.4, -0.2) is 35.4 Å². The van der Waals surface area contributed by atoms with Crippen LogP contribution in [0.3, 0.4) is 0 Å². The van der Waals surface area contributed by atoms with Gasteiger partial charge in [0, 0.05) is 5.25 Å². The first-order chi connectivity index (χ1) is 8.06. The SMILES string of the molecule is COC(=O)CC(C)Sc1nc(OC)ncc1Cl. The lowest BCUT2D eigenvalue weighted by Crippen LogP contribution is -2.09. The molecule has 5 nitrogen and oxygen atoms in total. The van der Waals surface area contributed by atoms with Gasteiger partial charge in [0.25, 0.3) is 0 Å².